The molecule has 2 N–H and O–H groups in total. The van der Waals surface area contributed by atoms with Gasteiger partial charge in [-0.05, 0) is 22.4 Å². The standard InChI is InChI=1S/C11H10Br2N4O2/c12-5-4-11-9(14-10(19)15-11)16-3-1-2-6(16)8(18)17(11)7(5)13/h2,9H,1,3-4H2,(H2,14,15,19). The fourth-order valence-corrected chi connectivity index (χ4v) is 4.55. The molecule has 0 aromatic heterocycles. The molecule has 2 fully saturated rings. The van der Waals surface area contributed by atoms with Gasteiger partial charge < -0.3 is 15.5 Å². The molecule has 100 valence electrons. The predicted molar refractivity (Wildman–Crippen MR) is 73.9 cm³/mol. The monoisotopic (exact) mass is 388 g/mol. The van der Waals surface area contributed by atoms with Crippen molar-refractivity contribution in [3.05, 3.63) is 20.9 Å². The van der Waals surface area contributed by atoms with E-state index in [-0.39, 0.29) is 18.1 Å². The summed E-state index contributed by atoms with van der Waals surface area (Å²) in [6.45, 7) is 0.762. The van der Waals surface area contributed by atoms with E-state index in [4.69, 9.17) is 0 Å². The zero-order valence-electron chi connectivity index (χ0n) is 9.74. The molecule has 19 heavy (non-hydrogen) atoms. The Kier molecular flexibility index (Phi) is 2.20. The van der Waals surface area contributed by atoms with Crippen LogP contribution in [0.25, 0.3) is 0 Å². The molecule has 4 aliphatic rings. The molecule has 0 aromatic carbocycles. The molecule has 0 aliphatic carbocycles. The molecule has 0 aromatic rings. The van der Waals surface area contributed by atoms with Gasteiger partial charge in [-0.3, -0.25) is 9.69 Å². The van der Waals surface area contributed by atoms with Crippen molar-refractivity contribution in [2.24, 2.45) is 0 Å². The highest BCUT2D eigenvalue weighted by Gasteiger charge is 2.63. The van der Waals surface area contributed by atoms with Crippen molar-refractivity contribution in [2.45, 2.75) is 24.7 Å². The van der Waals surface area contributed by atoms with Crippen LogP contribution in [0.4, 0.5) is 4.79 Å². The largest absolute Gasteiger partial charge is 0.343 e. The number of hydrogen-bond donors (Lipinski definition) is 2. The molecule has 2 unspecified atom stereocenters. The third-order valence-electron chi connectivity index (χ3n) is 4.05. The molecular formula is C11H10Br2N4O2. The molecule has 0 bridgehead atoms. The first-order chi connectivity index (χ1) is 9.04. The van der Waals surface area contributed by atoms with E-state index in [1.54, 1.807) is 4.90 Å². The van der Waals surface area contributed by atoms with Crippen LogP contribution in [0.5, 0.6) is 0 Å². The minimum absolute atomic E-state index is 0.0703. The summed E-state index contributed by atoms with van der Waals surface area (Å²) in [5.41, 5.74) is -0.0585. The van der Waals surface area contributed by atoms with Crippen molar-refractivity contribution < 1.29 is 9.59 Å². The summed E-state index contributed by atoms with van der Waals surface area (Å²) in [6, 6.07) is -0.238. The van der Waals surface area contributed by atoms with Crippen LogP contribution >= 0.6 is 31.9 Å². The molecule has 2 atom stereocenters. The number of amides is 3. The SMILES string of the molecule is O=C1NC2N3CCC=C3C(=O)N3C(Br)=C(Br)CC23N1. The highest BCUT2D eigenvalue weighted by molar-refractivity contribution is 9.14. The smallest absolute Gasteiger partial charge is 0.318 e. The number of fused-ring (bicyclic) bond motifs is 2. The Morgan fingerprint density at radius 1 is 1.37 bits per heavy atom. The first kappa shape index (κ1) is 11.8. The Hall–Kier alpha value is -1.02. The van der Waals surface area contributed by atoms with Gasteiger partial charge in [-0.2, -0.15) is 0 Å². The Morgan fingerprint density at radius 3 is 2.95 bits per heavy atom. The average molecular weight is 390 g/mol. The van der Waals surface area contributed by atoms with Crippen LogP contribution in [0.15, 0.2) is 20.9 Å². The fraction of sp³-hybridized carbons (Fsp3) is 0.455. The van der Waals surface area contributed by atoms with Crippen LogP contribution in [0.1, 0.15) is 12.8 Å². The highest BCUT2D eigenvalue weighted by atomic mass is 79.9. The lowest BCUT2D eigenvalue weighted by Gasteiger charge is -2.48. The minimum atomic E-state index is -0.729. The van der Waals surface area contributed by atoms with Gasteiger partial charge >= 0.3 is 6.03 Å². The number of hydrogen-bond acceptors (Lipinski definition) is 3. The van der Waals surface area contributed by atoms with E-state index < -0.39 is 5.66 Å². The van der Waals surface area contributed by atoms with E-state index in [0.717, 1.165) is 17.4 Å². The molecule has 1 spiro atoms. The molecule has 8 heteroatoms. The van der Waals surface area contributed by atoms with Gasteiger partial charge in [0.2, 0.25) is 0 Å². The van der Waals surface area contributed by atoms with Gasteiger partial charge in [0.05, 0.1) is 0 Å². The Balaban J connectivity index is 1.91. The second-order valence-electron chi connectivity index (χ2n) is 5.01. The maximum Gasteiger partial charge on any atom is 0.318 e. The number of nitrogens with one attached hydrogen (secondary N) is 2. The number of carbonyl (C=O) groups is 2. The molecule has 0 radical (unpaired) electrons. The number of nitrogens with zero attached hydrogens (tertiary/aromatic N) is 2. The van der Waals surface area contributed by atoms with Crippen molar-refractivity contribution >= 4 is 43.8 Å². The van der Waals surface area contributed by atoms with Gasteiger partial charge in [0.25, 0.3) is 5.91 Å². The third-order valence-corrected chi connectivity index (χ3v) is 6.07. The van der Waals surface area contributed by atoms with Gasteiger partial charge in [-0.15, -0.1) is 0 Å². The quantitative estimate of drug-likeness (QED) is 0.610. The topological polar surface area (TPSA) is 64.7 Å². The van der Waals surface area contributed by atoms with Gasteiger partial charge in [0.1, 0.15) is 16.5 Å². The van der Waals surface area contributed by atoms with E-state index in [9.17, 15) is 9.59 Å². The molecule has 4 heterocycles. The Morgan fingerprint density at radius 2 is 2.16 bits per heavy atom. The van der Waals surface area contributed by atoms with Crippen molar-refractivity contribution in [1.29, 1.82) is 0 Å². The predicted octanol–water partition coefficient (Wildman–Crippen LogP) is 1.12. The van der Waals surface area contributed by atoms with Crippen LogP contribution in [0.3, 0.4) is 0 Å². The summed E-state index contributed by atoms with van der Waals surface area (Å²) in [5, 5.41) is 5.84. The lowest BCUT2D eigenvalue weighted by Crippen LogP contribution is -2.69. The highest BCUT2D eigenvalue weighted by Crippen LogP contribution is 2.49. The fourth-order valence-electron chi connectivity index (χ4n) is 3.33. The zero-order valence-corrected chi connectivity index (χ0v) is 12.9. The summed E-state index contributed by atoms with van der Waals surface area (Å²) < 4.78 is 1.58. The Bertz CT molecular complexity index is 587. The maximum atomic E-state index is 12.6. The second-order valence-corrected chi connectivity index (χ2v) is 6.72. The van der Waals surface area contributed by atoms with Gasteiger partial charge in [-0.25, -0.2) is 4.79 Å². The summed E-state index contributed by atoms with van der Waals surface area (Å²) in [5.74, 6) is -0.0703. The van der Waals surface area contributed by atoms with Crippen LogP contribution < -0.4 is 10.6 Å². The number of carbonyl (C=O) groups excluding carboxylic acids is 2. The molecule has 4 aliphatic heterocycles. The normalized spacial score (nSPS) is 35.9. The lowest BCUT2D eigenvalue weighted by atomic mass is 9.99. The summed E-state index contributed by atoms with van der Waals surface area (Å²) in [4.78, 5) is 28.1. The van der Waals surface area contributed by atoms with E-state index in [1.165, 1.54) is 0 Å². The summed E-state index contributed by atoms with van der Waals surface area (Å²) >= 11 is 6.92. The average Bonchev–Trinajstić information content (AvgIpc) is 2.98. The van der Waals surface area contributed by atoms with Crippen LogP contribution in [-0.4, -0.2) is 40.1 Å². The van der Waals surface area contributed by atoms with Crippen molar-refractivity contribution in [2.75, 3.05) is 6.54 Å². The van der Waals surface area contributed by atoms with Crippen LogP contribution in [0.2, 0.25) is 0 Å². The number of urea groups is 1. The van der Waals surface area contributed by atoms with Gasteiger partial charge in [0, 0.05) is 17.4 Å². The first-order valence-corrected chi connectivity index (χ1v) is 7.57. The maximum absolute atomic E-state index is 12.6. The molecule has 6 nitrogen and oxygen atoms in total. The second kappa shape index (κ2) is 3.54. The van der Waals surface area contributed by atoms with Crippen LogP contribution in [0, 0.1) is 0 Å². The van der Waals surface area contributed by atoms with Crippen molar-refractivity contribution in [3.8, 4) is 0 Å². The van der Waals surface area contributed by atoms with Gasteiger partial charge in [0.15, 0.2) is 5.66 Å². The Labute approximate surface area is 126 Å². The molecular weight excluding hydrogens is 380 g/mol. The molecule has 0 saturated carbocycles. The number of halogens is 2. The van der Waals surface area contributed by atoms with Crippen LogP contribution in [-0.2, 0) is 4.79 Å². The first-order valence-electron chi connectivity index (χ1n) is 5.99. The lowest BCUT2D eigenvalue weighted by molar-refractivity contribution is -0.139. The van der Waals surface area contributed by atoms with Gasteiger partial charge in [-0.1, -0.05) is 22.0 Å². The van der Waals surface area contributed by atoms with E-state index >= 15 is 0 Å². The summed E-state index contributed by atoms with van der Waals surface area (Å²) in [7, 11) is 0. The third kappa shape index (κ3) is 1.26. The van der Waals surface area contributed by atoms with Crippen molar-refractivity contribution in [1.82, 2.24) is 20.4 Å². The zero-order chi connectivity index (χ0) is 13.4. The van der Waals surface area contributed by atoms with E-state index in [2.05, 4.69) is 42.5 Å². The van der Waals surface area contributed by atoms with Crippen molar-refractivity contribution in [3.63, 3.8) is 0 Å². The molecule has 4 rings (SSSR count). The van der Waals surface area contributed by atoms with E-state index in [1.807, 2.05) is 11.0 Å². The van der Waals surface area contributed by atoms with E-state index in [0.29, 0.717) is 16.7 Å². The molecule has 2 saturated heterocycles. The minimum Gasteiger partial charge on any atom is -0.343 e. The number of piperazine rings is 1. The molecule has 3 amide bonds. The number of rotatable bonds is 0. The summed E-state index contributed by atoms with van der Waals surface area (Å²) in [6.07, 6.45) is 3.10.